The molecule has 0 N–H and O–H groups in total. The zero-order chi connectivity index (χ0) is 12.1. The van der Waals surface area contributed by atoms with Gasteiger partial charge >= 0.3 is 0 Å². The molecule has 0 bridgehead atoms. The van der Waals surface area contributed by atoms with Crippen LogP contribution in [0.3, 0.4) is 0 Å². The van der Waals surface area contributed by atoms with E-state index in [1.807, 2.05) is 18.2 Å². The Morgan fingerprint density at radius 1 is 1.41 bits per heavy atom. The van der Waals surface area contributed by atoms with Gasteiger partial charge in [0, 0.05) is 11.1 Å². The highest BCUT2D eigenvalue weighted by atomic mass is 16.5. The van der Waals surface area contributed by atoms with Crippen LogP contribution in [0.4, 0.5) is 0 Å². The van der Waals surface area contributed by atoms with Crippen molar-refractivity contribution in [2.24, 2.45) is 0 Å². The maximum Gasteiger partial charge on any atom is 0.169 e. The number of hydrogen-bond donors (Lipinski definition) is 0. The average molecular weight is 230 g/mol. The highest BCUT2D eigenvalue weighted by molar-refractivity contribution is 5.66. The molecule has 2 rings (SSSR count). The molecule has 0 spiro atoms. The lowest BCUT2D eigenvalue weighted by molar-refractivity contribution is 0.284. The number of ether oxygens (including phenoxy) is 2. The lowest BCUT2D eigenvalue weighted by Gasteiger charge is -2.06. The third-order valence-corrected chi connectivity index (χ3v) is 2.87. The van der Waals surface area contributed by atoms with E-state index in [0.29, 0.717) is 6.61 Å². The Bertz CT molecular complexity index is 442. The minimum Gasteiger partial charge on any atom is -0.494 e. The minimum absolute atomic E-state index is 0.597. The van der Waals surface area contributed by atoms with Gasteiger partial charge in [0.05, 0.1) is 6.61 Å². The fourth-order valence-electron chi connectivity index (χ4n) is 1.92. The summed E-state index contributed by atoms with van der Waals surface area (Å²) in [7, 11) is 0. The predicted molar refractivity (Wildman–Crippen MR) is 68.8 cm³/mol. The van der Waals surface area contributed by atoms with Crippen molar-refractivity contribution in [3.05, 3.63) is 41.6 Å². The lowest BCUT2D eigenvalue weighted by Crippen LogP contribution is -1.97. The summed E-state index contributed by atoms with van der Waals surface area (Å²) in [5, 5.41) is 0. The van der Waals surface area contributed by atoms with Crippen molar-refractivity contribution in [3.63, 3.8) is 0 Å². The van der Waals surface area contributed by atoms with Gasteiger partial charge in [0.2, 0.25) is 0 Å². The van der Waals surface area contributed by atoms with Crippen LogP contribution in [0.25, 0.3) is 5.76 Å². The van der Waals surface area contributed by atoms with E-state index in [1.165, 1.54) is 12.8 Å². The van der Waals surface area contributed by atoms with Crippen molar-refractivity contribution in [3.8, 4) is 5.75 Å². The molecule has 17 heavy (non-hydrogen) atoms. The lowest BCUT2D eigenvalue weighted by atomic mass is 10.1. The van der Waals surface area contributed by atoms with Crippen molar-refractivity contribution in [1.29, 1.82) is 0 Å². The largest absolute Gasteiger partial charge is 0.494 e. The smallest absolute Gasteiger partial charge is 0.169 e. The van der Waals surface area contributed by atoms with Gasteiger partial charge in [-0.25, -0.2) is 0 Å². The Morgan fingerprint density at radius 2 is 2.29 bits per heavy atom. The van der Waals surface area contributed by atoms with Crippen molar-refractivity contribution in [1.82, 2.24) is 0 Å². The average Bonchev–Trinajstić information content (AvgIpc) is 2.77. The van der Waals surface area contributed by atoms with Crippen LogP contribution in [0.2, 0.25) is 0 Å². The number of unbranched alkanes of at least 4 members (excludes halogenated alkanes) is 2. The molecule has 2 nitrogen and oxygen atoms in total. The summed E-state index contributed by atoms with van der Waals surface area (Å²) in [6.07, 6.45) is 3.55. The second-order valence-electron chi connectivity index (χ2n) is 4.17. The molecule has 0 amide bonds. The Morgan fingerprint density at radius 3 is 3.06 bits per heavy atom. The summed E-state index contributed by atoms with van der Waals surface area (Å²) in [6, 6.07) is 6.05. The predicted octanol–water partition coefficient (Wildman–Crippen LogP) is 3.91. The van der Waals surface area contributed by atoms with Crippen molar-refractivity contribution in [2.75, 3.05) is 6.61 Å². The fourth-order valence-corrected chi connectivity index (χ4v) is 1.92. The van der Waals surface area contributed by atoms with Gasteiger partial charge in [0.25, 0.3) is 0 Å². The zero-order valence-corrected chi connectivity index (χ0v) is 10.3. The molecule has 0 radical (unpaired) electrons. The Labute approximate surface area is 103 Å². The first kappa shape index (κ1) is 11.8. The van der Waals surface area contributed by atoms with E-state index in [2.05, 4.69) is 19.2 Å². The summed E-state index contributed by atoms with van der Waals surface area (Å²) in [4.78, 5) is 0. The van der Waals surface area contributed by atoms with E-state index >= 15 is 0 Å². The van der Waals surface area contributed by atoms with Gasteiger partial charge in [-0.1, -0.05) is 32.1 Å². The highest BCUT2D eigenvalue weighted by Gasteiger charge is 2.17. The number of benzene rings is 1. The summed E-state index contributed by atoms with van der Waals surface area (Å²) >= 11 is 0. The molecule has 1 heterocycles. The molecule has 0 saturated heterocycles. The number of hydrogen-bond acceptors (Lipinski definition) is 2. The first-order valence-electron chi connectivity index (χ1n) is 6.14. The summed E-state index contributed by atoms with van der Waals surface area (Å²) in [6.45, 7) is 7.19. The molecule has 0 aliphatic carbocycles. The van der Waals surface area contributed by atoms with Crippen LogP contribution in [0, 0.1) is 0 Å². The van der Waals surface area contributed by atoms with Gasteiger partial charge in [0.15, 0.2) is 5.76 Å². The first-order chi connectivity index (χ1) is 8.35. The van der Waals surface area contributed by atoms with Gasteiger partial charge in [-0.15, -0.1) is 0 Å². The third kappa shape index (κ3) is 2.72. The van der Waals surface area contributed by atoms with E-state index in [0.717, 1.165) is 35.7 Å². The number of rotatable bonds is 5. The molecule has 1 aromatic carbocycles. The van der Waals surface area contributed by atoms with Crippen LogP contribution in [0.5, 0.6) is 5.75 Å². The zero-order valence-electron chi connectivity index (χ0n) is 10.3. The molecule has 0 saturated carbocycles. The topological polar surface area (TPSA) is 18.5 Å². The Kier molecular flexibility index (Phi) is 3.89. The van der Waals surface area contributed by atoms with Crippen molar-refractivity contribution in [2.45, 2.75) is 32.8 Å². The van der Waals surface area contributed by atoms with Crippen molar-refractivity contribution >= 4 is 5.76 Å². The fraction of sp³-hybridized carbons (Fsp3) is 0.400. The molecule has 2 heteroatoms. The van der Waals surface area contributed by atoms with Gasteiger partial charge in [-0.3, -0.25) is 0 Å². The van der Waals surface area contributed by atoms with Crippen LogP contribution in [-0.4, -0.2) is 6.61 Å². The van der Waals surface area contributed by atoms with Crippen LogP contribution in [0.15, 0.2) is 30.5 Å². The van der Waals surface area contributed by atoms with Gasteiger partial charge < -0.3 is 9.47 Å². The monoisotopic (exact) mass is 230 g/mol. The van der Waals surface area contributed by atoms with Gasteiger partial charge in [-0.05, 0) is 24.6 Å². The molecule has 1 aliphatic rings. The summed E-state index contributed by atoms with van der Waals surface area (Å²) in [5.74, 6) is 1.67. The van der Waals surface area contributed by atoms with Crippen LogP contribution < -0.4 is 4.74 Å². The van der Waals surface area contributed by atoms with Crippen LogP contribution in [-0.2, 0) is 11.3 Å². The molecule has 0 unspecified atom stereocenters. The van der Waals surface area contributed by atoms with E-state index in [1.54, 1.807) is 0 Å². The molecular weight excluding hydrogens is 212 g/mol. The number of fused-ring (bicyclic) bond motifs is 1. The summed E-state index contributed by atoms with van der Waals surface area (Å²) < 4.78 is 11.2. The van der Waals surface area contributed by atoms with Gasteiger partial charge in [0.1, 0.15) is 12.4 Å². The Hall–Kier alpha value is -1.66. The van der Waals surface area contributed by atoms with Crippen LogP contribution in [0.1, 0.15) is 37.3 Å². The molecule has 0 atom stereocenters. The van der Waals surface area contributed by atoms with E-state index < -0.39 is 0 Å². The second-order valence-corrected chi connectivity index (χ2v) is 4.17. The molecule has 1 aromatic rings. The highest BCUT2D eigenvalue weighted by Crippen LogP contribution is 2.31. The van der Waals surface area contributed by atoms with E-state index in [9.17, 15) is 0 Å². The maximum atomic E-state index is 5.70. The minimum atomic E-state index is 0.597. The van der Waals surface area contributed by atoms with Crippen LogP contribution >= 0.6 is 0 Å². The standard InChI is InChI=1S/C15H18O2/c1-3-5-6-9-16-13-7-8-14-12(10-13)11-17-15(14)4-2/h7-8,10H,2-3,5-6,9,11H2,1H3. The maximum absolute atomic E-state index is 5.70. The van der Waals surface area contributed by atoms with E-state index in [-0.39, 0.29) is 0 Å². The normalized spacial score (nSPS) is 12.9. The molecule has 1 aliphatic heterocycles. The van der Waals surface area contributed by atoms with E-state index in [4.69, 9.17) is 9.47 Å². The molecular formula is C15H18O2. The SMILES string of the molecule is C=C=C1OCc2cc(OCCCCC)ccc21. The Balaban J connectivity index is 2.01. The summed E-state index contributed by atoms with van der Waals surface area (Å²) in [5.41, 5.74) is 5.04. The van der Waals surface area contributed by atoms with Crippen molar-refractivity contribution < 1.29 is 9.47 Å². The second kappa shape index (κ2) is 5.60. The molecule has 0 aromatic heterocycles. The quantitative estimate of drug-likeness (QED) is 0.564. The first-order valence-corrected chi connectivity index (χ1v) is 6.14. The third-order valence-electron chi connectivity index (χ3n) is 2.87. The molecule has 90 valence electrons. The molecule has 0 fully saturated rings. The van der Waals surface area contributed by atoms with Gasteiger partial charge in [-0.2, -0.15) is 0 Å².